The summed E-state index contributed by atoms with van der Waals surface area (Å²) in [5.74, 6) is 0.551. The average Bonchev–Trinajstić information content (AvgIpc) is 2.90. The van der Waals surface area contributed by atoms with Crippen LogP contribution in [0.3, 0.4) is 0 Å². The van der Waals surface area contributed by atoms with E-state index in [0.717, 1.165) is 46.2 Å². The summed E-state index contributed by atoms with van der Waals surface area (Å²) < 4.78 is 11.3. The van der Waals surface area contributed by atoms with Gasteiger partial charge in [0, 0.05) is 60.5 Å². The minimum absolute atomic E-state index is 0.0436. The monoisotopic (exact) mass is 505 g/mol. The number of nitrogens with zero attached hydrogens (tertiary/aromatic N) is 5. The molecule has 3 aromatic heterocycles. The van der Waals surface area contributed by atoms with Crippen molar-refractivity contribution in [1.82, 2.24) is 15.0 Å². The Morgan fingerprint density at radius 3 is 2.67 bits per heavy atom. The maximum atomic E-state index is 13.2. The fourth-order valence-corrected chi connectivity index (χ4v) is 4.88. The Labute approximate surface area is 213 Å². The largest absolute Gasteiger partial charge is 0.476 e. The van der Waals surface area contributed by atoms with Crippen molar-refractivity contribution in [1.29, 1.82) is 5.26 Å². The third kappa shape index (κ3) is 5.66. The van der Waals surface area contributed by atoms with Crippen LogP contribution in [0.4, 0.5) is 5.69 Å². The van der Waals surface area contributed by atoms with Gasteiger partial charge in [-0.25, -0.2) is 4.98 Å². The Kier molecular flexibility index (Phi) is 7.87. The van der Waals surface area contributed by atoms with E-state index >= 15 is 0 Å². The first kappa shape index (κ1) is 25.6. The number of hydrogen-bond donors (Lipinski definition) is 0. The van der Waals surface area contributed by atoms with Crippen LogP contribution in [0.5, 0.6) is 5.88 Å². The standard InChI is InChI=1S/C27H31N5O3S/c1-5-35-27-24(32-8-10-34-11-9-32)15-21(16-31-27)23-14-22(17-30-19(23)2)25(33)12-20-6-7-29-26(13-20)36(3,4)18-28/h6-7,13-17H,5,8-12H2,1-4H3. The number of carbonyl (C=O) groups excluding carboxylic acids is 1. The van der Waals surface area contributed by atoms with E-state index in [0.29, 0.717) is 31.3 Å². The van der Waals surface area contributed by atoms with E-state index in [9.17, 15) is 10.1 Å². The van der Waals surface area contributed by atoms with Crippen LogP contribution in [-0.2, 0) is 11.2 Å². The third-order valence-electron chi connectivity index (χ3n) is 6.10. The molecule has 0 bridgehead atoms. The molecule has 0 amide bonds. The van der Waals surface area contributed by atoms with Gasteiger partial charge in [0.05, 0.1) is 24.8 Å². The zero-order chi connectivity index (χ0) is 25.7. The summed E-state index contributed by atoms with van der Waals surface area (Å²) in [7, 11) is -1.65. The second-order valence-corrected chi connectivity index (χ2v) is 12.2. The Morgan fingerprint density at radius 1 is 1.17 bits per heavy atom. The number of hydrogen-bond acceptors (Lipinski definition) is 8. The summed E-state index contributed by atoms with van der Waals surface area (Å²) >= 11 is 0. The lowest BCUT2D eigenvalue weighted by Crippen LogP contribution is -2.36. The molecule has 1 saturated heterocycles. The smallest absolute Gasteiger partial charge is 0.237 e. The molecule has 0 spiro atoms. The second-order valence-electron chi connectivity index (χ2n) is 8.96. The fourth-order valence-electron chi connectivity index (χ4n) is 4.02. The lowest BCUT2D eigenvalue weighted by atomic mass is 9.99. The van der Waals surface area contributed by atoms with Crippen LogP contribution in [0, 0.1) is 17.6 Å². The Balaban J connectivity index is 1.63. The number of aromatic nitrogens is 3. The van der Waals surface area contributed by atoms with E-state index in [1.165, 1.54) is 0 Å². The molecule has 1 aliphatic rings. The molecule has 1 fully saturated rings. The molecular formula is C27H31N5O3S. The van der Waals surface area contributed by atoms with Gasteiger partial charge in [-0.05, 0) is 56.2 Å². The van der Waals surface area contributed by atoms with Crippen molar-refractivity contribution in [3.8, 4) is 22.4 Å². The number of nitriles is 1. The molecule has 0 aliphatic carbocycles. The summed E-state index contributed by atoms with van der Waals surface area (Å²) in [5.41, 5.74) is 4.83. The predicted molar refractivity (Wildman–Crippen MR) is 142 cm³/mol. The van der Waals surface area contributed by atoms with Gasteiger partial charge in [0.2, 0.25) is 5.88 Å². The zero-order valence-corrected chi connectivity index (χ0v) is 22.0. The van der Waals surface area contributed by atoms with Crippen LogP contribution < -0.4 is 9.64 Å². The van der Waals surface area contributed by atoms with Gasteiger partial charge < -0.3 is 14.4 Å². The van der Waals surface area contributed by atoms with Crippen molar-refractivity contribution in [2.45, 2.75) is 25.3 Å². The quantitative estimate of drug-likeness (QED) is 0.328. The van der Waals surface area contributed by atoms with E-state index < -0.39 is 10.0 Å². The predicted octanol–water partition coefficient (Wildman–Crippen LogP) is 4.41. The molecule has 0 radical (unpaired) electrons. The summed E-state index contributed by atoms with van der Waals surface area (Å²) in [5, 5.41) is 12.5. The maximum absolute atomic E-state index is 13.2. The first-order valence-corrected chi connectivity index (χ1v) is 14.3. The van der Waals surface area contributed by atoms with Gasteiger partial charge in [-0.1, -0.05) is 0 Å². The third-order valence-corrected chi connectivity index (χ3v) is 7.83. The molecule has 0 aromatic carbocycles. The first-order chi connectivity index (χ1) is 17.3. The van der Waals surface area contributed by atoms with E-state index in [-0.39, 0.29) is 12.2 Å². The number of rotatable bonds is 8. The molecule has 4 rings (SSSR count). The minimum atomic E-state index is -1.65. The first-order valence-electron chi connectivity index (χ1n) is 11.9. The average molecular weight is 506 g/mol. The molecule has 188 valence electrons. The topological polar surface area (TPSA) is 101 Å². The van der Waals surface area contributed by atoms with Crippen molar-refractivity contribution < 1.29 is 14.3 Å². The van der Waals surface area contributed by atoms with Crippen LogP contribution in [0.25, 0.3) is 11.1 Å². The van der Waals surface area contributed by atoms with E-state index in [1.54, 1.807) is 18.6 Å². The van der Waals surface area contributed by atoms with Crippen LogP contribution in [0.1, 0.15) is 28.5 Å². The van der Waals surface area contributed by atoms with Crippen LogP contribution in [0.15, 0.2) is 47.9 Å². The van der Waals surface area contributed by atoms with Gasteiger partial charge in [0.1, 0.15) is 11.1 Å². The molecule has 0 unspecified atom stereocenters. The molecule has 36 heavy (non-hydrogen) atoms. The highest BCUT2D eigenvalue weighted by Gasteiger charge is 2.20. The Bertz CT molecular complexity index is 1300. The number of anilines is 1. The van der Waals surface area contributed by atoms with Crippen LogP contribution >= 0.6 is 10.0 Å². The normalized spacial score (nSPS) is 14.2. The van der Waals surface area contributed by atoms with E-state index in [1.807, 2.05) is 44.6 Å². The van der Waals surface area contributed by atoms with Crippen molar-refractivity contribution in [2.24, 2.45) is 0 Å². The van der Waals surface area contributed by atoms with Crippen molar-refractivity contribution in [2.75, 3.05) is 50.3 Å². The van der Waals surface area contributed by atoms with Crippen molar-refractivity contribution >= 4 is 21.5 Å². The van der Waals surface area contributed by atoms with Gasteiger partial charge in [0.15, 0.2) is 5.78 Å². The Hall–Kier alpha value is -3.48. The number of ketones is 1. The zero-order valence-electron chi connectivity index (χ0n) is 21.2. The maximum Gasteiger partial charge on any atom is 0.237 e. The fraction of sp³-hybridized carbons (Fsp3) is 0.370. The molecule has 4 heterocycles. The molecule has 3 aromatic rings. The van der Waals surface area contributed by atoms with Gasteiger partial charge in [-0.2, -0.15) is 5.26 Å². The van der Waals surface area contributed by atoms with E-state index in [4.69, 9.17) is 9.47 Å². The van der Waals surface area contributed by atoms with Crippen molar-refractivity contribution in [3.63, 3.8) is 0 Å². The van der Waals surface area contributed by atoms with Crippen LogP contribution in [0.2, 0.25) is 0 Å². The molecule has 1 aliphatic heterocycles. The van der Waals surface area contributed by atoms with E-state index in [2.05, 4.69) is 31.3 Å². The molecule has 0 N–H and O–H groups in total. The van der Waals surface area contributed by atoms with Gasteiger partial charge in [0.25, 0.3) is 0 Å². The van der Waals surface area contributed by atoms with Crippen LogP contribution in [-0.4, -0.2) is 66.2 Å². The summed E-state index contributed by atoms with van der Waals surface area (Å²) in [6, 6.07) is 7.63. The molecule has 0 atom stereocenters. The van der Waals surface area contributed by atoms with Gasteiger partial charge in [-0.3, -0.25) is 14.8 Å². The van der Waals surface area contributed by atoms with Gasteiger partial charge in [-0.15, -0.1) is 10.0 Å². The Morgan fingerprint density at radius 2 is 1.94 bits per heavy atom. The molecule has 0 saturated carbocycles. The number of pyridine rings is 3. The van der Waals surface area contributed by atoms with Gasteiger partial charge >= 0.3 is 0 Å². The number of Topliss-reactive ketones (excluding diaryl/α,β-unsaturated/α-hetero) is 1. The molecule has 9 heteroatoms. The summed E-state index contributed by atoms with van der Waals surface area (Å²) in [4.78, 5) is 28.9. The van der Waals surface area contributed by atoms with Crippen molar-refractivity contribution in [3.05, 3.63) is 59.7 Å². The highest BCUT2D eigenvalue weighted by Crippen LogP contribution is 2.46. The number of aryl methyl sites for hydroxylation is 1. The minimum Gasteiger partial charge on any atom is -0.476 e. The molecular weight excluding hydrogens is 474 g/mol. The summed E-state index contributed by atoms with van der Waals surface area (Å²) in [6.45, 7) is 7.23. The highest BCUT2D eigenvalue weighted by molar-refractivity contribution is 8.36. The highest BCUT2D eigenvalue weighted by atomic mass is 32.3. The number of morpholine rings is 1. The lowest BCUT2D eigenvalue weighted by Gasteiger charge is -2.30. The summed E-state index contributed by atoms with van der Waals surface area (Å²) in [6.07, 6.45) is 9.07. The lowest BCUT2D eigenvalue weighted by molar-refractivity contribution is 0.0992. The second kappa shape index (κ2) is 11.1. The number of thiocyanates is 1. The SMILES string of the molecule is CCOc1ncc(-c2cc(C(=O)Cc3ccnc(S(C)(C)C#N)c3)cnc2C)cc1N1CCOCC1. The number of carbonyl (C=O) groups is 1. The number of ether oxygens (including phenoxy) is 2. The molecule has 8 nitrogen and oxygen atoms in total.